The zero-order chi connectivity index (χ0) is 18.6. The van der Waals surface area contributed by atoms with Crippen LogP contribution in [0.5, 0.6) is 0 Å². The number of aromatic nitrogens is 2. The van der Waals surface area contributed by atoms with Gasteiger partial charge in [-0.05, 0) is 24.6 Å². The number of carbonyl (C=O) groups is 1. The summed E-state index contributed by atoms with van der Waals surface area (Å²) in [5, 5.41) is 0. The van der Waals surface area contributed by atoms with E-state index in [1.165, 1.54) is 11.8 Å². The molecule has 1 aromatic carbocycles. The SMILES string of the molecule is O=C1/C(=C\c2cnc3ccccc3n2)SC(=S)N1CCCN1CCOCC1. The van der Waals surface area contributed by atoms with Crippen molar-refractivity contribution >= 4 is 51.3 Å². The van der Waals surface area contributed by atoms with Gasteiger partial charge in [0.2, 0.25) is 0 Å². The maximum absolute atomic E-state index is 12.7. The molecule has 0 unspecified atom stereocenters. The zero-order valence-electron chi connectivity index (χ0n) is 14.8. The number of hydrogen-bond acceptors (Lipinski definition) is 7. The minimum atomic E-state index is -0.0399. The molecule has 0 atom stereocenters. The average Bonchev–Trinajstić information content (AvgIpc) is 2.96. The number of benzene rings is 1. The van der Waals surface area contributed by atoms with Crippen LogP contribution in [-0.4, -0.2) is 69.4 Å². The monoisotopic (exact) mass is 400 g/mol. The Morgan fingerprint density at radius 3 is 2.78 bits per heavy atom. The van der Waals surface area contributed by atoms with Crippen LogP contribution in [0.15, 0.2) is 35.4 Å². The number of fused-ring (bicyclic) bond motifs is 1. The van der Waals surface area contributed by atoms with Gasteiger partial charge >= 0.3 is 0 Å². The van der Waals surface area contributed by atoms with E-state index in [1.54, 1.807) is 17.2 Å². The summed E-state index contributed by atoms with van der Waals surface area (Å²) in [5.74, 6) is -0.0399. The number of rotatable bonds is 5. The predicted molar refractivity (Wildman–Crippen MR) is 111 cm³/mol. The van der Waals surface area contributed by atoms with Gasteiger partial charge in [0.25, 0.3) is 5.91 Å². The second-order valence-corrected chi connectivity index (χ2v) is 8.10. The molecule has 6 nitrogen and oxygen atoms in total. The smallest absolute Gasteiger partial charge is 0.266 e. The number of amides is 1. The van der Waals surface area contributed by atoms with Gasteiger partial charge in [-0.15, -0.1) is 0 Å². The molecule has 1 aromatic heterocycles. The number of morpholine rings is 1. The fourth-order valence-corrected chi connectivity index (χ4v) is 4.44. The first-order valence-corrected chi connectivity index (χ1v) is 10.2. The highest BCUT2D eigenvalue weighted by atomic mass is 32.2. The topological polar surface area (TPSA) is 58.6 Å². The molecule has 0 saturated carbocycles. The molecule has 2 aromatic rings. The molecule has 27 heavy (non-hydrogen) atoms. The molecule has 140 valence electrons. The van der Waals surface area contributed by atoms with Crippen LogP contribution in [0.25, 0.3) is 17.1 Å². The van der Waals surface area contributed by atoms with Crippen molar-refractivity contribution in [3.05, 3.63) is 41.1 Å². The lowest BCUT2D eigenvalue weighted by Gasteiger charge is -2.27. The number of hydrogen-bond donors (Lipinski definition) is 0. The first-order chi connectivity index (χ1) is 13.2. The van der Waals surface area contributed by atoms with Crippen LogP contribution >= 0.6 is 24.0 Å². The van der Waals surface area contributed by atoms with E-state index in [4.69, 9.17) is 17.0 Å². The van der Waals surface area contributed by atoms with Crippen molar-refractivity contribution in [2.45, 2.75) is 6.42 Å². The van der Waals surface area contributed by atoms with E-state index >= 15 is 0 Å². The fourth-order valence-electron chi connectivity index (χ4n) is 3.15. The summed E-state index contributed by atoms with van der Waals surface area (Å²) < 4.78 is 5.98. The molecule has 3 heterocycles. The van der Waals surface area contributed by atoms with E-state index in [0.29, 0.717) is 21.5 Å². The summed E-state index contributed by atoms with van der Waals surface area (Å²) in [4.78, 5) is 26.4. The van der Waals surface area contributed by atoms with Crippen molar-refractivity contribution in [1.82, 2.24) is 19.8 Å². The van der Waals surface area contributed by atoms with Crippen LogP contribution in [0.4, 0.5) is 0 Å². The van der Waals surface area contributed by atoms with E-state index in [1.807, 2.05) is 24.3 Å². The molecule has 1 amide bonds. The third-order valence-corrected chi connectivity index (χ3v) is 5.96. The van der Waals surface area contributed by atoms with E-state index in [9.17, 15) is 4.79 Å². The van der Waals surface area contributed by atoms with Crippen molar-refractivity contribution in [2.24, 2.45) is 0 Å². The molecular formula is C19H20N4O2S2. The first kappa shape index (κ1) is 18.5. The van der Waals surface area contributed by atoms with Crippen molar-refractivity contribution in [3.63, 3.8) is 0 Å². The Hall–Kier alpha value is -1.87. The average molecular weight is 401 g/mol. The quantitative estimate of drug-likeness (QED) is 0.565. The fraction of sp³-hybridized carbons (Fsp3) is 0.368. The lowest BCUT2D eigenvalue weighted by Crippen LogP contribution is -2.38. The van der Waals surface area contributed by atoms with Crippen molar-refractivity contribution in [2.75, 3.05) is 39.4 Å². The Labute approximate surface area is 167 Å². The molecule has 2 aliphatic rings. The number of ether oxygens (including phenoxy) is 1. The van der Waals surface area contributed by atoms with Gasteiger partial charge in [-0.1, -0.05) is 36.1 Å². The van der Waals surface area contributed by atoms with E-state index in [2.05, 4.69) is 14.9 Å². The molecule has 4 rings (SSSR count). The van der Waals surface area contributed by atoms with E-state index < -0.39 is 0 Å². The van der Waals surface area contributed by atoms with Crippen molar-refractivity contribution in [3.8, 4) is 0 Å². The minimum Gasteiger partial charge on any atom is -0.379 e. The molecule has 0 spiro atoms. The largest absolute Gasteiger partial charge is 0.379 e. The maximum atomic E-state index is 12.7. The van der Waals surface area contributed by atoms with Gasteiger partial charge < -0.3 is 4.74 Å². The molecule has 0 bridgehead atoms. The summed E-state index contributed by atoms with van der Waals surface area (Å²) in [5.41, 5.74) is 2.32. The van der Waals surface area contributed by atoms with Gasteiger partial charge in [0, 0.05) is 26.2 Å². The second-order valence-electron chi connectivity index (χ2n) is 6.42. The first-order valence-electron chi connectivity index (χ1n) is 8.98. The highest BCUT2D eigenvalue weighted by molar-refractivity contribution is 8.26. The Bertz CT molecular complexity index is 896. The number of thiocarbonyl (C=S) groups is 1. The van der Waals surface area contributed by atoms with E-state index in [0.717, 1.165) is 50.3 Å². The molecule has 2 aliphatic heterocycles. The summed E-state index contributed by atoms with van der Waals surface area (Å²) in [6, 6.07) is 7.68. The molecule has 2 fully saturated rings. The van der Waals surface area contributed by atoms with Crippen LogP contribution in [0.2, 0.25) is 0 Å². The number of para-hydroxylation sites is 2. The molecule has 0 aliphatic carbocycles. The number of nitrogens with zero attached hydrogens (tertiary/aromatic N) is 4. The summed E-state index contributed by atoms with van der Waals surface area (Å²) in [6.45, 7) is 5.09. The summed E-state index contributed by atoms with van der Waals surface area (Å²) in [6.07, 6.45) is 4.36. The van der Waals surface area contributed by atoms with Gasteiger partial charge in [-0.2, -0.15) is 0 Å². The summed E-state index contributed by atoms with van der Waals surface area (Å²) >= 11 is 6.75. The minimum absolute atomic E-state index is 0.0399. The molecular weight excluding hydrogens is 380 g/mol. The van der Waals surface area contributed by atoms with Crippen molar-refractivity contribution < 1.29 is 9.53 Å². The van der Waals surface area contributed by atoms with Crippen LogP contribution in [0.1, 0.15) is 12.1 Å². The van der Waals surface area contributed by atoms with Gasteiger partial charge in [0.1, 0.15) is 4.32 Å². The third kappa shape index (κ3) is 4.35. The molecule has 2 saturated heterocycles. The normalized spacial score (nSPS) is 20.1. The predicted octanol–water partition coefficient (Wildman–Crippen LogP) is 2.55. The molecule has 8 heteroatoms. The highest BCUT2D eigenvalue weighted by Crippen LogP contribution is 2.32. The molecule has 0 radical (unpaired) electrons. The lowest BCUT2D eigenvalue weighted by atomic mass is 10.3. The Morgan fingerprint density at radius 1 is 1.19 bits per heavy atom. The molecule has 0 N–H and O–H groups in total. The summed E-state index contributed by atoms with van der Waals surface area (Å²) in [7, 11) is 0. The van der Waals surface area contributed by atoms with Crippen LogP contribution < -0.4 is 0 Å². The van der Waals surface area contributed by atoms with Gasteiger partial charge in [-0.3, -0.25) is 19.6 Å². The van der Waals surface area contributed by atoms with Crippen LogP contribution in [-0.2, 0) is 9.53 Å². The van der Waals surface area contributed by atoms with Crippen LogP contribution in [0.3, 0.4) is 0 Å². The number of carbonyl (C=O) groups excluding carboxylic acids is 1. The van der Waals surface area contributed by atoms with Gasteiger partial charge in [0.05, 0.1) is 41.0 Å². The van der Waals surface area contributed by atoms with Crippen LogP contribution in [0, 0.1) is 0 Å². The number of thioether (sulfide) groups is 1. The standard InChI is InChI=1S/C19H20N4O2S2/c24-18-17(12-14-13-20-15-4-1-2-5-16(15)21-14)27-19(26)23(18)7-3-6-22-8-10-25-11-9-22/h1-2,4-5,12-13H,3,6-11H2/b17-12+. The second kappa shape index (κ2) is 8.43. The Morgan fingerprint density at radius 2 is 1.96 bits per heavy atom. The van der Waals surface area contributed by atoms with Gasteiger partial charge in [-0.25, -0.2) is 4.98 Å². The van der Waals surface area contributed by atoms with E-state index in [-0.39, 0.29) is 5.91 Å². The van der Waals surface area contributed by atoms with Crippen molar-refractivity contribution in [1.29, 1.82) is 0 Å². The Kier molecular flexibility index (Phi) is 5.77. The lowest BCUT2D eigenvalue weighted by molar-refractivity contribution is -0.122. The van der Waals surface area contributed by atoms with Gasteiger partial charge in [0.15, 0.2) is 0 Å². The third-order valence-electron chi connectivity index (χ3n) is 4.58. The zero-order valence-corrected chi connectivity index (χ0v) is 16.5. The highest BCUT2D eigenvalue weighted by Gasteiger charge is 2.31. The Balaban J connectivity index is 1.41. The maximum Gasteiger partial charge on any atom is 0.266 e.